The van der Waals surface area contributed by atoms with E-state index in [1.165, 1.54) is 11.6 Å². The molecule has 4 heteroatoms. The summed E-state index contributed by atoms with van der Waals surface area (Å²) in [7, 11) is -1.72. The van der Waals surface area contributed by atoms with Crippen molar-refractivity contribution in [3.8, 4) is 0 Å². The van der Waals surface area contributed by atoms with Crippen LogP contribution in [0.2, 0.25) is 13.1 Å². The smallest absolute Gasteiger partial charge is 0.171 e. The van der Waals surface area contributed by atoms with Gasteiger partial charge in [-0.3, -0.25) is 0 Å². The Balaban J connectivity index is 2.57. The van der Waals surface area contributed by atoms with Crippen molar-refractivity contribution < 1.29 is 13.2 Å². The Morgan fingerprint density at radius 2 is 1.71 bits per heavy atom. The summed E-state index contributed by atoms with van der Waals surface area (Å²) >= 11 is 0. The van der Waals surface area contributed by atoms with E-state index in [1.807, 2.05) is 30.3 Å². The minimum absolute atomic E-state index is 0.821. The van der Waals surface area contributed by atoms with Crippen molar-refractivity contribution in [2.45, 2.75) is 31.7 Å². The van der Waals surface area contributed by atoms with Gasteiger partial charge >= 0.3 is 6.18 Å². The lowest BCUT2D eigenvalue weighted by atomic mass is 10.2. The van der Waals surface area contributed by atoms with Crippen molar-refractivity contribution in [2.24, 2.45) is 0 Å². The fraction of sp³-hybridized carbons (Fsp3) is 0.385. The van der Waals surface area contributed by atoms with E-state index < -0.39 is 20.7 Å². The molecule has 0 radical (unpaired) electrons. The molecule has 0 spiro atoms. The molecule has 94 valence electrons. The number of rotatable bonds is 4. The summed E-state index contributed by atoms with van der Waals surface area (Å²) in [6, 6.07) is 10.8. The van der Waals surface area contributed by atoms with Gasteiger partial charge in [0, 0.05) is 0 Å². The molecule has 0 aliphatic rings. The van der Waals surface area contributed by atoms with Crippen LogP contribution >= 0.6 is 0 Å². The molecule has 1 aromatic carbocycles. The number of benzene rings is 1. The first-order valence-electron chi connectivity index (χ1n) is 5.57. The predicted molar refractivity (Wildman–Crippen MR) is 67.4 cm³/mol. The van der Waals surface area contributed by atoms with E-state index in [0.29, 0.717) is 0 Å². The molecule has 0 saturated carbocycles. The fourth-order valence-corrected chi connectivity index (χ4v) is 3.85. The highest BCUT2D eigenvalue weighted by Crippen LogP contribution is 2.21. The van der Waals surface area contributed by atoms with Crippen molar-refractivity contribution >= 4 is 8.07 Å². The van der Waals surface area contributed by atoms with Gasteiger partial charge in [-0.15, -0.1) is 0 Å². The van der Waals surface area contributed by atoms with Crippen LogP contribution in [0, 0.1) is 0 Å². The molecule has 0 aliphatic carbocycles. The summed E-state index contributed by atoms with van der Waals surface area (Å²) in [5.41, 5.74) is 2.98. The van der Waals surface area contributed by atoms with Gasteiger partial charge < -0.3 is 0 Å². The highest BCUT2D eigenvalue weighted by molar-refractivity contribution is 6.81. The second kappa shape index (κ2) is 5.54. The molecule has 0 bridgehead atoms. The lowest BCUT2D eigenvalue weighted by molar-refractivity contribution is -0.124. The lowest BCUT2D eigenvalue weighted by Gasteiger charge is -2.17. The van der Waals surface area contributed by atoms with Crippen LogP contribution in [-0.4, -0.2) is 14.3 Å². The molecular weight excluding hydrogens is 241 g/mol. The summed E-state index contributed by atoms with van der Waals surface area (Å²) in [6.45, 7) is 4.15. The summed E-state index contributed by atoms with van der Waals surface area (Å²) in [5.74, 6) is 0. The van der Waals surface area contributed by atoms with E-state index >= 15 is 0 Å². The Morgan fingerprint density at radius 1 is 1.12 bits per heavy atom. The molecule has 17 heavy (non-hydrogen) atoms. The third-order valence-corrected chi connectivity index (χ3v) is 4.88. The zero-order valence-electron chi connectivity index (χ0n) is 10.1. The van der Waals surface area contributed by atoms with Crippen LogP contribution in [0.4, 0.5) is 13.2 Å². The molecular formula is C13H17F3Si. The van der Waals surface area contributed by atoms with Gasteiger partial charge in [-0.2, -0.15) is 13.2 Å². The fourth-order valence-electron chi connectivity index (χ4n) is 1.69. The van der Waals surface area contributed by atoms with Crippen LogP contribution in [0.25, 0.3) is 0 Å². The average Bonchev–Trinajstić information content (AvgIpc) is 2.15. The number of allylic oxidation sites excluding steroid dienone is 1. The Morgan fingerprint density at radius 3 is 2.24 bits per heavy atom. The summed E-state index contributed by atoms with van der Waals surface area (Å²) < 4.78 is 36.1. The Bertz CT molecular complexity index is 366. The molecule has 1 rings (SSSR count). The van der Waals surface area contributed by atoms with Gasteiger partial charge in [0.25, 0.3) is 0 Å². The van der Waals surface area contributed by atoms with Gasteiger partial charge in [-0.05, 0) is 6.04 Å². The lowest BCUT2D eigenvalue weighted by Crippen LogP contribution is -2.26. The Labute approximate surface area is 101 Å². The highest BCUT2D eigenvalue weighted by Gasteiger charge is 2.25. The van der Waals surface area contributed by atoms with Gasteiger partial charge in [0.15, 0.2) is 0 Å². The summed E-state index contributed by atoms with van der Waals surface area (Å²) in [6.07, 6.45) is -3.64. The van der Waals surface area contributed by atoms with Crippen molar-refractivity contribution in [3.63, 3.8) is 0 Å². The topological polar surface area (TPSA) is 0 Å². The molecule has 0 unspecified atom stereocenters. The van der Waals surface area contributed by atoms with Crippen molar-refractivity contribution in [1.82, 2.24) is 0 Å². The second-order valence-corrected chi connectivity index (χ2v) is 9.54. The normalized spacial score (nSPS) is 13.2. The van der Waals surface area contributed by atoms with Gasteiger partial charge in [0.1, 0.15) is 0 Å². The van der Waals surface area contributed by atoms with E-state index in [2.05, 4.69) is 13.1 Å². The van der Waals surface area contributed by atoms with Crippen LogP contribution in [0.3, 0.4) is 0 Å². The van der Waals surface area contributed by atoms with Gasteiger partial charge in [0.2, 0.25) is 0 Å². The molecule has 0 heterocycles. The maximum atomic E-state index is 12.0. The third kappa shape index (κ3) is 6.31. The number of hydrogen-bond donors (Lipinski definition) is 0. The minimum Gasteiger partial charge on any atom is -0.171 e. The molecule has 0 saturated heterocycles. The molecule has 0 aliphatic heterocycles. The van der Waals surface area contributed by atoms with Crippen LogP contribution in [0.5, 0.6) is 0 Å². The van der Waals surface area contributed by atoms with Crippen LogP contribution in [0.15, 0.2) is 42.1 Å². The largest absolute Gasteiger partial charge is 0.392 e. The quantitative estimate of drug-likeness (QED) is 0.696. The molecule has 0 nitrogen and oxygen atoms in total. The van der Waals surface area contributed by atoms with Crippen molar-refractivity contribution in [3.05, 3.63) is 47.7 Å². The molecule has 0 atom stereocenters. The van der Waals surface area contributed by atoms with E-state index in [1.54, 1.807) is 5.70 Å². The monoisotopic (exact) mass is 258 g/mol. The maximum Gasteiger partial charge on any atom is 0.392 e. The Hall–Kier alpha value is -1.03. The standard InChI is InChI=1S/C13H17F3Si/c1-17(2,10-6-9-13(14,15)16)11-12-7-4-3-5-8-12/h3-8,10H,9,11H2,1-2H3/b10-6+. The van der Waals surface area contributed by atoms with E-state index in [-0.39, 0.29) is 0 Å². The molecule has 0 N–H and O–H groups in total. The predicted octanol–water partition coefficient (Wildman–Crippen LogP) is 4.52. The first-order valence-corrected chi connectivity index (χ1v) is 8.85. The van der Waals surface area contributed by atoms with Gasteiger partial charge in [-0.25, -0.2) is 0 Å². The number of halogens is 3. The summed E-state index contributed by atoms with van der Waals surface area (Å²) in [5, 5.41) is 0. The molecule has 0 aromatic heterocycles. The molecule has 0 amide bonds. The van der Waals surface area contributed by atoms with Crippen LogP contribution < -0.4 is 0 Å². The van der Waals surface area contributed by atoms with Gasteiger partial charge in [0.05, 0.1) is 14.5 Å². The van der Waals surface area contributed by atoms with Crippen LogP contribution in [-0.2, 0) is 6.04 Å². The first kappa shape index (κ1) is 14.0. The average molecular weight is 258 g/mol. The zero-order chi connectivity index (χ0) is 12.9. The summed E-state index contributed by atoms with van der Waals surface area (Å²) in [4.78, 5) is 0. The molecule has 0 fully saturated rings. The number of hydrogen-bond acceptors (Lipinski definition) is 0. The van der Waals surface area contributed by atoms with Crippen molar-refractivity contribution in [1.29, 1.82) is 0 Å². The highest BCUT2D eigenvalue weighted by atomic mass is 28.3. The Kier molecular flexibility index (Phi) is 4.57. The second-order valence-electron chi connectivity index (χ2n) is 4.87. The van der Waals surface area contributed by atoms with E-state index in [4.69, 9.17) is 0 Å². The number of alkyl halides is 3. The van der Waals surface area contributed by atoms with Crippen molar-refractivity contribution in [2.75, 3.05) is 0 Å². The minimum atomic E-state index is -4.09. The third-order valence-electron chi connectivity index (χ3n) is 2.42. The van der Waals surface area contributed by atoms with E-state index in [9.17, 15) is 13.2 Å². The zero-order valence-corrected chi connectivity index (χ0v) is 11.1. The first-order chi connectivity index (χ1) is 7.79. The SMILES string of the molecule is C[Si](C)(/C=C/CC(F)(F)F)Cc1ccccc1. The van der Waals surface area contributed by atoms with Crippen LogP contribution in [0.1, 0.15) is 12.0 Å². The maximum absolute atomic E-state index is 12.0. The molecule has 1 aromatic rings. The van der Waals surface area contributed by atoms with E-state index in [0.717, 1.165) is 6.04 Å². The van der Waals surface area contributed by atoms with Gasteiger partial charge in [-0.1, -0.05) is 60.8 Å².